The topological polar surface area (TPSA) is 35.8 Å². The van der Waals surface area contributed by atoms with E-state index in [2.05, 4.69) is 11.4 Å². The second-order valence-electron chi connectivity index (χ2n) is 3.55. The van der Waals surface area contributed by atoms with E-state index in [1.165, 1.54) is 12.1 Å². The number of nitriles is 1. The molecule has 1 saturated heterocycles. The van der Waals surface area contributed by atoms with Crippen LogP contribution in [-0.4, -0.2) is 6.54 Å². The van der Waals surface area contributed by atoms with E-state index < -0.39 is 5.54 Å². The van der Waals surface area contributed by atoms with Crippen LogP contribution in [0.3, 0.4) is 0 Å². The number of rotatable bonds is 1. The SMILES string of the molecule is N#CC1(c2ccc(F)cc2)CCCN1. The lowest BCUT2D eigenvalue weighted by Crippen LogP contribution is -2.34. The molecule has 1 aromatic carbocycles. The van der Waals surface area contributed by atoms with Crippen molar-refractivity contribution in [1.82, 2.24) is 5.32 Å². The van der Waals surface area contributed by atoms with Crippen LogP contribution in [0.15, 0.2) is 24.3 Å². The molecule has 14 heavy (non-hydrogen) atoms. The van der Waals surface area contributed by atoms with Crippen molar-refractivity contribution in [3.63, 3.8) is 0 Å². The summed E-state index contributed by atoms with van der Waals surface area (Å²) >= 11 is 0. The summed E-state index contributed by atoms with van der Waals surface area (Å²) in [6.07, 6.45) is 1.79. The largest absolute Gasteiger partial charge is 0.296 e. The van der Waals surface area contributed by atoms with Crippen molar-refractivity contribution in [3.05, 3.63) is 35.6 Å². The molecule has 3 heteroatoms. The molecule has 1 aliphatic rings. The van der Waals surface area contributed by atoms with Gasteiger partial charge in [-0.05, 0) is 37.1 Å². The third-order valence-electron chi connectivity index (χ3n) is 2.68. The Morgan fingerprint density at radius 1 is 1.36 bits per heavy atom. The molecule has 0 spiro atoms. The van der Waals surface area contributed by atoms with Crippen LogP contribution < -0.4 is 5.32 Å². The molecule has 1 aliphatic heterocycles. The smallest absolute Gasteiger partial charge is 0.132 e. The highest BCUT2D eigenvalue weighted by Crippen LogP contribution is 2.29. The van der Waals surface area contributed by atoms with Crippen LogP contribution in [-0.2, 0) is 5.54 Å². The van der Waals surface area contributed by atoms with E-state index in [-0.39, 0.29) is 5.82 Å². The van der Waals surface area contributed by atoms with Gasteiger partial charge in [-0.25, -0.2) is 4.39 Å². The molecule has 0 aromatic heterocycles. The van der Waals surface area contributed by atoms with Gasteiger partial charge in [0.15, 0.2) is 0 Å². The van der Waals surface area contributed by atoms with Crippen molar-refractivity contribution in [2.45, 2.75) is 18.4 Å². The van der Waals surface area contributed by atoms with Gasteiger partial charge in [-0.2, -0.15) is 5.26 Å². The van der Waals surface area contributed by atoms with Gasteiger partial charge in [0, 0.05) is 0 Å². The maximum atomic E-state index is 12.7. The van der Waals surface area contributed by atoms with Crippen LogP contribution in [0.25, 0.3) is 0 Å². The Kier molecular flexibility index (Phi) is 2.22. The quantitative estimate of drug-likeness (QED) is 0.734. The molecule has 72 valence electrons. The Labute approximate surface area is 82.4 Å². The first-order chi connectivity index (χ1) is 6.77. The summed E-state index contributed by atoms with van der Waals surface area (Å²) in [5, 5.41) is 12.3. The van der Waals surface area contributed by atoms with E-state index >= 15 is 0 Å². The highest BCUT2D eigenvalue weighted by molar-refractivity contribution is 5.32. The van der Waals surface area contributed by atoms with E-state index in [1.807, 2.05) is 0 Å². The average Bonchev–Trinajstić information content (AvgIpc) is 2.68. The molecule has 2 nitrogen and oxygen atoms in total. The van der Waals surface area contributed by atoms with E-state index in [0.717, 1.165) is 24.9 Å². The molecule has 0 bridgehead atoms. The molecule has 0 aliphatic carbocycles. The number of hydrogen-bond donors (Lipinski definition) is 1. The first-order valence-corrected chi connectivity index (χ1v) is 4.69. The molecule has 1 N–H and O–H groups in total. The zero-order valence-electron chi connectivity index (χ0n) is 7.76. The fourth-order valence-corrected chi connectivity index (χ4v) is 1.88. The molecule has 1 aromatic rings. The van der Waals surface area contributed by atoms with Crippen LogP contribution in [0.5, 0.6) is 0 Å². The van der Waals surface area contributed by atoms with Gasteiger partial charge < -0.3 is 0 Å². The number of hydrogen-bond acceptors (Lipinski definition) is 2. The number of nitrogens with one attached hydrogen (secondary N) is 1. The minimum atomic E-state index is -0.590. The second kappa shape index (κ2) is 3.39. The highest BCUT2D eigenvalue weighted by atomic mass is 19.1. The molecule has 0 amide bonds. The minimum Gasteiger partial charge on any atom is -0.296 e. The van der Waals surface area contributed by atoms with Crippen LogP contribution in [0.4, 0.5) is 4.39 Å². The minimum absolute atomic E-state index is 0.264. The van der Waals surface area contributed by atoms with Gasteiger partial charge in [-0.15, -0.1) is 0 Å². The lowest BCUT2D eigenvalue weighted by atomic mass is 9.90. The lowest BCUT2D eigenvalue weighted by Gasteiger charge is -2.21. The Balaban J connectivity index is 2.37. The van der Waals surface area contributed by atoms with Gasteiger partial charge >= 0.3 is 0 Å². The standard InChI is InChI=1S/C11H11FN2/c12-10-4-2-9(3-5-10)11(8-13)6-1-7-14-11/h2-5,14H,1,6-7H2. The van der Waals surface area contributed by atoms with Crippen molar-refractivity contribution in [2.24, 2.45) is 0 Å². The molecular formula is C11H11FN2. The summed E-state index contributed by atoms with van der Waals surface area (Å²) in [4.78, 5) is 0. The molecule has 0 radical (unpaired) electrons. The zero-order chi connectivity index (χ0) is 10.0. The van der Waals surface area contributed by atoms with Crippen molar-refractivity contribution in [3.8, 4) is 6.07 Å². The third-order valence-corrected chi connectivity index (χ3v) is 2.68. The Morgan fingerprint density at radius 2 is 2.07 bits per heavy atom. The fraction of sp³-hybridized carbons (Fsp3) is 0.364. The molecular weight excluding hydrogens is 179 g/mol. The fourth-order valence-electron chi connectivity index (χ4n) is 1.88. The zero-order valence-corrected chi connectivity index (χ0v) is 7.76. The lowest BCUT2D eigenvalue weighted by molar-refractivity contribution is 0.508. The van der Waals surface area contributed by atoms with E-state index in [0.29, 0.717) is 0 Å². The van der Waals surface area contributed by atoms with Crippen LogP contribution >= 0.6 is 0 Å². The summed E-state index contributed by atoms with van der Waals surface area (Å²) in [6.45, 7) is 0.852. The molecule has 0 saturated carbocycles. The first-order valence-electron chi connectivity index (χ1n) is 4.69. The third kappa shape index (κ3) is 1.38. The van der Waals surface area contributed by atoms with Crippen molar-refractivity contribution in [1.29, 1.82) is 5.26 Å². The van der Waals surface area contributed by atoms with Crippen molar-refractivity contribution >= 4 is 0 Å². The molecule has 1 atom stereocenters. The Hall–Kier alpha value is -1.40. The van der Waals surface area contributed by atoms with E-state index in [9.17, 15) is 4.39 Å². The van der Waals surface area contributed by atoms with Gasteiger partial charge in [0.05, 0.1) is 6.07 Å². The normalized spacial score (nSPS) is 26.0. The van der Waals surface area contributed by atoms with Gasteiger partial charge in [0.25, 0.3) is 0 Å². The van der Waals surface area contributed by atoms with E-state index in [4.69, 9.17) is 5.26 Å². The Morgan fingerprint density at radius 3 is 2.57 bits per heavy atom. The summed E-state index contributed by atoms with van der Waals surface area (Å²) in [7, 11) is 0. The summed E-state index contributed by atoms with van der Waals surface area (Å²) in [5.41, 5.74) is 0.271. The highest BCUT2D eigenvalue weighted by Gasteiger charge is 2.35. The summed E-state index contributed by atoms with van der Waals surface area (Å²) in [6, 6.07) is 8.43. The first kappa shape index (κ1) is 9.17. The average molecular weight is 190 g/mol. The predicted molar refractivity (Wildman–Crippen MR) is 50.9 cm³/mol. The second-order valence-corrected chi connectivity index (χ2v) is 3.55. The van der Waals surface area contributed by atoms with Gasteiger partial charge in [0.1, 0.15) is 11.4 Å². The van der Waals surface area contributed by atoms with Gasteiger partial charge in [0.2, 0.25) is 0 Å². The van der Waals surface area contributed by atoms with Crippen LogP contribution in [0.2, 0.25) is 0 Å². The monoisotopic (exact) mass is 190 g/mol. The van der Waals surface area contributed by atoms with Crippen LogP contribution in [0, 0.1) is 17.1 Å². The number of benzene rings is 1. The van der Waals surface area contributed by atoms with Gasteiger partial charge in [-0.1, -0.05) is 12.1 Å². The van der Waals surface area contributed by atoms with E-state index in [1.54, 1.807) is 12.1 Å². The summed E-state index contributed by atoms with van der Waals surface area (Å²) < 4.78 is 12.7. The van der Waals surface area contributed by atoms with Crippen LogP contribution in [0.1, 0.15) is 18.4 Å². The van der Waals surface area contributed by atoms with Crippen molar-refractivity contribution < 1.29 is 4.39 Å². The summed E-state index contributed by atoms with van der Waals surface area (Å²) in [5.74, 6) is -0.264. The Bertz CT molecular complexity index is 358. The van der Waals surface area contributed by atoms with Gasteiger partial charge in [-0.3, -0.25) is 5.32 Å². The number of nitrogens with zero attached hydrogens (tertiary/aromatic N) is 1. The predicted octanol–water partition coefficient (Wildman–Crippen LogP) is 1.93. The molecule has 1 unspecified atom stereocenters. The van der Waals surface area contributed by atoms with Crippen molar-refractivity contribution in [2.75, 3.05) is 6.54 Å². The molecule has 1 heterocycles. The maximum absolute atomic E-state index is 12.7. The number of halogens is 1. The molecule has 1 fully saturated rings. The molecule has 2 rings (SSSR count). The maximum Gasteiger partial charge on any atom is 0.132 e.